The Bertz CT molecular complexity index is 802. The van der Waals surface area contributed by atoms with E-state index in [0.29, 0.717) is 19.6 Å². The standard InChI is InChI=1S/C23H28N2O4/c1-28-22-10-6-5-7-19(22)11-12-23(27)25-15-13-24(14-16-25)17-20(26)18-29-21-8-3-2-4-9-21/h2-12,20,26H,13-18H2,1H3. The van der Waals surface area contributed by atoms with Crippen molar-refractivity contribution < 1.29 is 19.4 Å². The SMILES string of the molecule is COc1ccccc1C=CC(=O)N1CCN(CC(O)COc2ccccc2)CC1. The van der Waals surface area contributed by atoms with Crippen LogP contribution in [0.15, 0.2) is 60.7 Å². The van der Waals surface area contributed by atoms with Crippen molar-refractivity contribution in [1.29, 1.82) is 0 Å². The van der Waals surface area contributed by atoms with Crippen molar-refractivity contribution in [2.24, 2.45) is 0 Å². The minimum Gasteiger partial charge on any atom is -0.496 e. The van der Waals surface area contributed by atoms with Gasteiger partial charge in [-0.05, 0) is 24.3 Å². The Morgan fingerprint density at radius 1 is 1.07 bits per heavy atom. The fourth-order valence-electron chi connectivity index (χ4n) is 3.28. The zero-order valence-corrected chi connectivity index (χ0v) is 16.7. The maximum Gasteiger partial charge on any atom is 0.246 e. The molecule has 1 N–H and O–H groups in total. The smallest absolute Gasteiger partial charge is 0.246 e. The number of hydrogen-bond acceptors (Lipinski definition) is 5. The van der Waals surface area contributed by atoms with Crippen LogP contribution in [0.25, 0.3) is 6.08 Å². The summed E-state index contributed by atoms with van der Waals surface area (Å²) in [4.78, 5) is 16.5. The van der Waals surface area contributed by atoms with Crippen LogP contribution in [0.1, 0.15) is 5.56 Å². The number of β-amino-alcohol motifs (C(OH)–C–C–N with tert-alkyl or cyclic N) is 1. The molecule has 0 aromatic heterocycles. The Labute approximate surface area is 172 Å². The molecule has 0 bridgehead atoms. The number of aliphatic hydroxyl groups excluding tert-OH is 1. The Balaban J connectivity index is 1.41. The monoisotopic (exact) mass is 396 g/mol. The zero-order valence-electron chi connectivity index (χ0n) is 16.7. The molecule has 2 aromatic carbocycles. The van der Waals surface area contributed by atoms with E-state index >= 15 is 0 Å². The van der Waals surface area contributed by atoms with Crippen molar-refractivity contribution in [3.05, 3.63) is 66.2 Å². The van der Waals surface area contributed by atoms with Crippen LogP contribution in [0.3, 0.4) is 0 Å². The molecule has 1 atom stereocenters. The number of hydrogen-bond donors (Lipinski definition) is 1. The molecular weight excluding hydrogens is 368 g/mol. The molecule has 2 aromatic rings. The van der Waals surface area contributed by atoms with E-state index in [1.807, 2.05) is 59.5 Å². The number of nitrogens with zero attached hydrogens (tertiary/aromatic N) is 2. The topological polar surface area (TPSA) is 62.2 Å². The van der Waals surface area contributed by atoms with Crippen LogP contribution >= 0.6 is 0 Å². The molecule has 1 aliphatic heterocycles. The van der Waals surface area contributed by atoms with Crippen LogP contribution in [-0.2, 0) is 4.79 Å². The summed E-state index contributed by atoms with van der Waals surface area (Å²) in [5, 5.41) is 10.2. The lowest BCUT2D eigenvalue weighted by Crippen LogP contribution is -2.50. The molecule has 3 rings (SSSR count). The number of aliphatic hydroxyl groups is 1. The van der Waals surface area contributed by atoms with Crippen molar-refractivity contribution in [2.75, 3.05) is 46.4 Å². The summed E-state index contributed by atoms with van der Waals surface area (Å²) in [6.45, 7) is 3.53. The average Bonchev–Trinajstić information content (AvgIpc) is 2.77. The van der Waals surface area contributed by atoms with E-state index in [2.05, 4.69) is 4.90 Å². The number of rotatable bonds is 8. The minimum atomic E-state index is -0.567. The first kappa shape index (κ1) is 20.9. The summed E-state index contributed by atoms with van der Waals surface area (Å²) in [7, 11) is 1.62. The normalized spacial score (nSPS) is 16.0. The number of para-hydroxylation sites is 2. The van der Waals surface area contributed by atoms with Gasteiger partial charge >= 0.3 is 0 Å². The van der Waals surface area contributed by atoms with Gasteiger partial charge in [0.15, 0.2) is 0 Å². The molecule has 154 valence electrons. The van der Waals surface area contributed by atoms with Gasteiger partial charge in [0.05, 0.1) is 7.11 Å². The second-order valence-corrected chi connectivity index (χ2v) is 6.98. The predicted octanol–water partition coefficient (Wildman–Crippen LogP) is 2.29. The lowest BCUT2D eigenvalue weighted by atomic mass is 10.2. The van der Waals surface area contributed by atoms with E-state index in [1.54, 1.807) is 19.3 Å². The van der Waals surface area contributed by atoms with E-state index < -0.39 is 6.10 Å². The molecular formula is C23H28N2O4. The molecule has 0 spiro atoms. The van der Waals surface area contributed by atoms with Gasteiger partial charge in [0.25, 0.3) is 0 Å². The highest BCUT2D eigenvalue weighted by Crippen LogP contribution is 2.19. The van der Waals surface area contributed by atoms with Gasteiger partial charge in [0.2, 0.25) is 5.91 Å². The second-order valence-electron chi connectivity index (χ2n) is 6.98. The lowest BCUT2D eigenvalue weighted by Gasteiger charge is -2.35. The van der Waals surface area contributed by atoms with E-state index in [1.165, 1.54) is 0 Å². The summed E-state index contributed by atoms with van der Waals surface area (Å²) in [5.74, 6) is 1.49. The number of carbonyl (C=O) groups is 1. The first-order valence-corrected chi connectivity index (χ1v) is 9.84. The van der Waals surface area contributed by atoms with E-state index in [9.17, 15) is 9.90 Å². The molecule has 1 unspecified atom stereocenters. The summed E-state index contributed by atoms with van der Waals surface area (Å²) >= 11 is 0. The first-order chi connectivity index (χ1) is 14.2. The van der Waals surface area contributed by atoms with Crippen LogP contribution in [0, 0.1) is 0 Å². The van der Waals surface area contributed by atoms with Gasteiger partial charge in [-0.25, -0.2) is 0 Å². The highest BCUT2D eigenvalue weighted by molar-refractivity contribution is 5.92. The minimum absolute atomic E-state index is 0.0106. The van der Waals surface area contributed by atoms with Crippen LogP contribution in [0.5, 0.6) is 11.5 Å². The van der Waals surface area contributed by atoms with Gasteiger partial charge in [-0.15, -0.1) is 0 Å². The highest BCUT2D eigenvalue weighted by Gasteiger charge is 2.21. The van der Waals surface area contributed by atoms with Gasteiger partial charge in [-0.3, -0.25) is 9.69 Å². The van der Waals surface area contributed by atoms with Crippen molar-refractivity contribution in [3.63, 3.8) is 0 Å². The van der Waals surface area contributed by atoms with Gasteiger partial charge in [0, 0.05) is 44.4 Å². The van der Waals surface area contributed by atoms with Crippen molar-refractivity contribution >= 4 is 12.0 Å². The molecule has 0 aliphatic carbocycles. The summed E-state index contributed by atoms with van der Waals surface area (Å²) in [5.41, 5.74) is 0.878. The van der Waals surface area contributed by atoms with Crippen molar-refractivity contribution in [2.45, 2.75) is 6.10 Å². The predicted molar refractivity (Wildman–Crippen MR) is 113 cm³/mol. The summed E-state index contributed by atoms with van der Waals surface area (Å²) < 4.78 is 10.9. The molecule has 6 nitrogen and oxygen atoms in total. The number of amides is 1. The summed E-state index contributed by atoms with van der Waals surface area (Å²) in [6, 6.07) is 17.1. The molecule has 1 aliphatic rings. The van der Waals surface area contributed by atoms with E-state index in [0.717, 1.165) is 30.2 Å². The Morgan fingerprint density at radius 2 is 1.76 bits per heavy atom. The molecule has 6 heteroatoms. The van der Waals surface area contributed by atoms with Crippen LogP contribution in [-0.4, -0.2) is 73.4 Å². The molecule has 1 amide bonds. The number of benzene rings is 2. The number of piperazine rings is 1. The second kappa shape index (κ2) is 10.6. The average molecular weight is 396 g/mol. The molecule has 1 saturated heterocycles. The lowest BCUT2D eigenvalue weighted by molar-refractivity contribution is -0.127. The van der Waals surface area contributed by atoms with E-state index in [4.69, 9.17) is 9.47 Å². The fraction of sp³-hybridized carbons (Fsp3) is 0.348. The third kappa shape index (κ3) is 6.34. The van der Waals surface area contributed by atoms with Crippen LogP contribution in [0.2, 0.25) is 0 Å². The van der Waals surface area contributed by atoms with Crippen LogP contribution in [0.4, 0.5) is 0 Å². The van der Waals surface area contributed by atoms with Gasteiger partial charge in [-0.1, -0.05) is 36.4 Å². The Hall–Kier alpha value is -2.83. The number of methoxy groups -OCH3 is 1. The first-order valence-electron chi connectivity index (χ1n) is 9.84. The van der Waals surface area contributed by atoms with Gasteiger partial charge in [-0.2, -0.15) is 0 Å². The highest BCUT2D eigenvalue weighted by atomic mass is 16.5. The number of ether oxygens (including phenoxy) is 2. The molecule has 0 radical (unpaired) electrons. The largest absolute Gasteiger partial charge is 0.496 e. The molecule has 29 heavy (non-hydrogen) atoms. The maximum atomic E-state index is 12.5. The molecule has 1 heterocycles. The van der Waals surface area contributed by atoms with E-state index in [-0.39, 0.29) is 12.5 Å². The third-order valence-electron chi connectivity index (χ3n) is 4.88. The number of carbonyl (C=O) groups excluding carboxylic acids is 1. The third-order valence-corrected chi connectivity index (χ3v) is 4.88. The van der Waals surface area contributed by atoms with Crippen molar-refractivity contribution in [1.82, 2.24) is 9.80 Å². The Morgan fingerprint density at radius 3 is 2.48 bits per heavy atom. The fourth-order valence-corrected chi connectivity index (χ4v) is 3.28. The van der Waals surface area contributed by atoms with Crippen molar-refractivity contribution in [3.8, 4) is 11.5 Å². The summed E-state index contributed by atoms with van der Waals surface area (Å²) in [6.07, 6.45) is 2.82. The van der Waals surface area contributed by atoms with Crippen LogP contribution < -0.4 is 9.47 Å². The maximum absolute atomic E-state index is 12.5. The molecule has 1 fully saturated rings. The zero-order chi connectivity index (χ0) is 20.5. The Kier molecular flexibility index (Phi) is 7.67. The van der Waals surface area contributed by atoms with Gasteiger partial charge < -0.3 is 19.5 Å². The van der Waals surface area contributed by atoms with Gasteiger partial charge in [0.1, 0.15) is 24.2 Å². The quantitative estimate of drug-likeness (QED) is 0.694. The molecule has 0 saturated carbocycles.